The van der Waals surface area contributed by atoms with Gasteiger partial charge in [-0.25, -0.2) is 14.8 Å². The standard InChI is InChI=1S/C14H17N5O3/c1-8-11(6-15-9(2)17-8)12(20)18-10-5-16-19(7-10)14(3,4)13(21)22/h5-7H,1-4H3,(H,18,20)(H,21,22). The molecule has 0 aliphatic heterocycles. The van der Waals surface area contributed by atoms with Gasteiger partial charge in [0.2, 0.25) is 0 Å². The Balaban J connectivity index is 2.20. The molecule has 0 fully saturated rings. The first-order chi connectivity index (χ1) is 10.2. The van der Waals surface area contributed by atoms with E-state index in [1.54, 1.807) is 13.8 Å². The normalized spacial score (nSPS) is 11.3. The minimum Gasteiger partial charge on any atom is -0.479 e. The number of nitrogens with one attached hydrogen (secondary N) is 1. The van der Waals surface area contributed by atoms with Gasteiger partial charge in [0, 0.05) is 12.4 Å². The van der Waals surface area contributed by atoms with Crippen LogP contribution >= 0.6 is 0 Å². The molecule has 2 N–H and O–H groups in total. The maximum absolute atomic E-state index is 12.2. The number of aryl methyl sites for hydroxylation is 2. The Bertz CT molecular complexity index is 736. The molecule has 0 unspecified atom stereocenters. The van der Waals surface area contributed by atoms with Crippen molar-refractivity contribution in [1.82, 2.24) is 19.7 Å². The summed E-state index contributed by atoms with van der Waals surface area (Å²) in [6.07, 6.45) is 4.32. The number of carbonyl (C=O) groups excluding carboxylic acids is 1. The summed E-state index contributed by atoms with van der Waals surface area (Å²) < 4.78 is 1.28. The van der Waals surface area contributed by atoms with Crippen LogP contribution in [0, 0.1) is 13.8 Å². The smallest absolute Gasteiger partial charge is 0.331 e. The quantitative estimate of drug-likeness (QED) is 0.882. The third-order valence-electron chi connectivity index (χ3n) is 3.28. The van der Waals surface area contributed by atoms with E-state index in [2.05, 4.69) is 20.4 Å². The van der Waals surface area contributed by atoms with Crippen molar-refractivity contribution in [3.63, 3.8) is 0 Å². The molecule has 0 bridgehead atoms. The Labute approximate surface area is 127 Å². The molecular weight excluding hydrogens is 286 g/mol. The Morgan fingerprint density at radius 3 is 2.55 bits per heavy atom. The van der Waals surface area contributed by atoms with Gasteiger partial charge in [-0.2, -0.15) is 5.10 Å². The number of anilines is 1. The monoisotopic (exact) mass is 303 g/mol. The first-order valence-corrected chi connectivity index (χ1v) is 6.62. The number of rotatable bonds is 4. The van der Waals surface area contributed by atoms with E-state index in [1.165, 1.54) is 37.1 Å². The lowest BCUT2D eigenvalue weighted by atomic mass is 10.1. The molecule has 116 valence electrons. The summed E-state index contributed by atoms with van der Waals surface area (Å²) in [7, 11) is 0. The summed E-state index contributed by atoms with van der Waals surface area (Å²) >= 11 is 0. The van der Waals surface area contributed by atoms with E-state index in [-0.39, 0.29) is 5.91 Å². The van der Waals surface area contributed by atoms with Crippen molar-refractivity contribution in [2.45, 2.75) is 33.2 Å². The predicted molar refractivity (Wildman–Crippen MR) is 78.6 cm³/mol. The molecule has 2 aromatic heterocycles. The summed E-state index contributed by atoms with van der Waals surface area (Å²) in [5.74, 6) is -0.800. The molecule has 0 saturated heterocycles. The molecule has 8 heteroatoms. The number of carbonyl (C=O) groups is 2. The third-order valence-corrected chi connectivity index (χ3v) is 3.28. The maximum atomic E-state index is 12.2. The van der Waals surface area contributed by atoms with Crippen LogP contribution in [0.4, 0.5) is 5.69 Å². The largest absolute Gasteiger partial charge is 0.479 e. The van der Waals surface area contributed by atoms with Crippen LogP contribution in [-0.2, 0) is 10.3 Å². The van der Waals surface area contributed by atoms with Crippen molar-refractivity contribution < 1.29 is 14.7 Å². The van der Waals surface area contributed by atoms with E-state index in [0.717, 1.165) is 0 Å². The average molecular weight is 303 g/mol. The molecule has 8 nitrogen and oxygen atoms in total. The molecule has 0 spiro atoms. The van der Waals surface area contributed by atoms with Crippen molar-refractivity contribution in [1.29, 1.82) is 0 Å². The Kier molecular flexibility index (Phi) is 3.94. The zero-order chi connectivity index (χ0) is 16.5. The van der Waals surface area contributed by atoms with Crippen LogP contribution < -0.4 is 5.32 Å². The van der Waals surface area contributed by atoms with E-state index in [9.17, 15) is 9.59 Å². The Morgan fingerprint density at radius 1 is 1.27 bits per heavy atom. The average Bonchev–Trinajstić information content (AvgIpc) is 2.87. The van der Waals surface area contributed by atoms with Gasteiger partial charge in [0.1, 0.15) is 5.82 Å². The topological polar surface area (TPSA) is 110 Å². The van der Waals surface area contributed by atoms with Crippen LogP contribution in [0.5, 0.6) is 0 Å². The number of aliphatic carboxylic acids is 1. The van der Waals surface area contributed by atoms with Crippen molar-refractivity contribution in [3.8, 4) is 0 Å². The van der Waals surface area contributed by atoms with E-state index >= 15 is 0 Å². The number of hydrogen-bond acceptors (Lipinski definition) is 5. The molecule has 0 aromatic carbocycles. The van der Waals surface area contributed by atoms with Crippen LogP contribution in [0.25, 0.3) is 0 Å². The van der Waals surface area contributed by atoms with Crippen molar-refractivity contribution in [2.75, 3.05) is 5.32 Å². The first-order valence-electron chi connectivity index (χ1n) is 6.62. The number of carboxylic acid groups (broad SMARTS) is 1. The van der Waals surface area contributed by atoms with Crippen molar-refractivity contribution >= 4 is 17.6 Å². The summed E-state index contributed by atoms with van der Waals surface area (Å²) in [5, 5.41) is 15.8. The number of aromatic nitrogens is 4. The molecule has 2 aromatic rings. The molecule has 1 amide bonds. The fraction of sp³-hybridized carbons (Fsp3) is 0.357. The van der Waals surface area contributed by atoms with E-state index < -0.39 is 11.5 Å². The highest BCUT2D eigenvalue weighted by Gasteiger charge is 2.30. The fourth-order valence-electron chi connectivity index (χ4n) is 1.80. The van der Waals surface area contributed by atoms with Gasteiger partial charge in [0.05, 0.1) is 23.1 Å². The van der Waals surface area contributed by atoms with Crippen molar-refractivity contribution in [3.05, 3.63) is 35.7 Å². The maximum Gasteiger partial charge on any atom is 0.331 e. The highest BCUT2D eigenvalue weighted by atomic mass is 16.4. The fourth-order valence-corrected chi connectivity index (χ4v) is 1.80. The van der Waals surface area contributed by atoms with Gasteiger partial charge >= 0.3 is 5.97 Å². The SMILES string of the molecule is Cc1ncc(C(=O)Nc2cnn(C(C)(C)C(=O)O)c2)c(C)n1. The van der Waals surface area contributed by atoms with Gasteiger partial charge in [-0.3, -0.25) is 9.48 Å². The van der Waals surface area contributed by atoms with Gasteiger partial charge in [-0.05, 0) is 27.7 Å². The molecular formula is C14H17N5O3. The summed E-state index contributed by atoms with van der Waals surface area (Å²) in [5.41, 5.74) is 0.129. The third kappa shape index (κ3) is 2.95. The Hall–Kier alpha value is -2.77. The molecule has 2 heterocycles. The van der Waals surface area contributed by atoms with Gasteiger partial charge in [0.25, 0.3) is 5.91 Å². The minimum absolute atomic E-state index is 0.357. The zero-order valence-corrected chi connectivity index (χ0v) is 12.8. The molecule has 0 atom stereocenters. The number of nitrogens with zero attached hydrogens (tertiary/aromatic N) is 4. The molecule has 2 rings (SSSR count). The van der Waals surface area contributed by atoms with Gasteiger partial charge in [-0.1, -0.05) is 0 Å². The first kappa shape index (κ1) is 15.6. The summed E-state index contributed by atoms with van der Waals surface area (Å²) in [6.45, 7) is 6.51. The molecule has 0 saturated carbocycles. The lowest BCUT2D eigenvalue weighted by molar-refractivity contribution is -0.146. The number of hydrogen-bond donors (Lipinski definition) is 2. The van der Waals surface area contributed by atoms with Crippen LogP contribution in [0.2, 0.25) is 0 Å². The van der Waals surface area contributed by atoms with E-state index in [1.807, 2.05) is 0 Å². The Morgan fingerprint density at radius 2 is 1.95 bits per heavy atom. The van der Waals surface area contributed by atoms with E-state index in [0.29, 0.717) is 22.8 Å². The predicted octanol–water partition coefficient (Wildman–Crippen LogP) is 1.36. The zero-order valence-electron chi connectivity index (χ0n) is 12.8. The molecule has 0 radical (unpaired) electrons. The van der Waals surface area contributed by atoms with Gasteiger partial charge < -0.3 is 10.4 Å². The van der Waals surface area contributed by atoms with Crippen molar-refractivity contribution in [2.24, 2.45) is 0 Å². The van der Waals surface area contributed by atoms with E-state index in [4.69, 9.17) is 5.11 Å². The minimum atomic E-state index is -1.20. The van der Waals surface area contributed by atoms with Crippen LogP contribution in [0.3, 0.4) is 0 Å². The van der Waals surface area contributed by atoms with Crippen LogP contribution in [-0.4, -0.2) is 36.7 Å². The molecule has 22 heavy (non-hydrogen) atoms. The van der Waals surface area contributed by atoms with Crippen LogP contribution in [0.15, 0.2) is 18.6 Å². The number of amides is 1. The summed E-state index contributed by atoms with van der Waals surface area (Å²) in [4.78, 5) is 31.5. The second kappa shape index (κ2) is 5.55. The number of carboxylic acids is 1. The lowest BCUT2D eigenvalue weighted by Gasteiger charge is -2.19. The lowest BCUT2D eigenvalue weighted by Crippen LogP contribution is -2.35. The molecule has 0 aliphatic carbocycles. The highest BCUT2D eigenvalue weighted by Crippen LogP contribution is 2.18. The molecule has 0 aliphatic rings. The second-order valence-electron chi connectivity index (χ2n) is 5.41. The van der Waals surface area contributed by atoms with Gasteiger partial charge in [0.15, 0.2) is 5.54 Å². The highest BCUT2D eigenvalue weighted by molar-refractivity contribution is 6.04. The van der Waals surface area contributed by atoms with Crippen LogP contribution in [0.1, 0.15) is 35.7 Å². The summed E-state index contributed by atoms with van der Waals surface area (Å²) in [6, 6.07) is 0. The van der Waals surface area contributed by atoms with Gasteiger partial charge in [-0.15, -0.1) is 0 Å². The second-order valence-corrected chi connectivity index (χ2v) is 5.41.